The van der Waals surface area contributed by atoms with Crippen LogP contribution in [0.15, 0.2) is 84.9 Å². The summed E-state index contributed by atoms with van der Waals surface area (Å²) < 4.78 is 57.0. The van der Waals surface area contributed by atoms with E-state index in [-0.39, 0.29) is 64.3 Å². The third-order valence-corrected chi connectivity index (χ3v) is 11.1. The summed E-state index contributed by atoms with van der Waals surface area (Å²) in [7, 11) is 5.68. The lowest BCUT2D eigenvalue weighted by Crippen LogP contribution is -2.61. The highest BCUT2D eigenvalue weighted by Gasteiger charge is 2.50. The second kappa shape index (κ2) is 19.7. The van der Waals surface area contributed by atoms with Crippen molar-refractivity contribution in [2.45, 2.75) is 42.9 Å². The van der Waals surface area contributed by atoms with Gasteiger partial charge in [-0.05, 0) is 82.9 Å². The number of methoxy groups -OCH3 is 4. The number of benzene rings is 4. The third-order valence-electron chi connectivity index (χ3n) is 11.1. The van der Waals surface area contributed by atoms with Gasteiger partial charge in [-0.1, -0.05) is 24.3 Å². The number of carbonyl (C=O) groups is 2. The summed E-state index contributed by atoms with van der Waals surface area (Å²) in [5, 5.41) is 52.6. The molecule has 4 aromatic rings. The number of phenols is 3. The molecule has 0 aromatic heterocycles. The molecule has 3 aliphatic heterocycles. The number of fused-ring (bicyclic) bond motifs is 1. The average molecular weight is 873 g/mol. The van der Waals surface area contributed by atoms with Crippen LogP contribution in [0.4, 0.5) is 0 Å². The molecule has 4 aromatic carbocycles. The molecular formula is C46H48O17. The SMILES string of the molecule is COc1cc(C=CC(=O)OCC2OC(Oc3ccc(C4OCC5C(c6ccc(O)c(OC)c6)OCC45)cc3OC)C(O)C(O)C2OC(=O)C=Cc2ccc(O)c(OC)c2)ccc1O. The molecule has 5 N–H and O–H groups in total. The molecule has 3 heterocycles. The van der Waals surface area contributed by atoms with Gasteiger partial charge in [0, 0.05) is 24.0 Å². The molecule has 0 radical (unpaired) electrons. The maximum Gasteiger partial charge on any atom is 0.331 e. The zero-order valence-electron chi connectivity index (χ0n) is 34.7. The van der Waals surface area contributed by atoms with Gasteiger partial charge in [-0.15, -0.1) is 0 Å². The molecule has 0 spiro atoms. The smallest absolute Gasteiger partial charge is 0.331 e. The summed E-state index contributed by atoms with van der Waals surface area (Å²) in [4.78, 5) is 26.0. The first-order valence-electron chi connectivity index (χ1n) is 19.8. The highest BCUT2D eigenvalue weighted by Crippen LogP contribution is 2.51. The number of hydrogen-bond acceptors (Lipinski definition) is 17. The van der Waals surface area contributed by atoms with Crippen molar-refractivity contribution in [3.8, 4) is 46.0 Å². The summed E-state index contributed by atoms with van der Waals surface area (Å²) in [6, 6.07) is 19.1. The van der Waals surface area contributed by atoms with Gasteiger partial charge in [0.15, 0.2) is 52.1 Å². The molecule has 0 saturated carbocycles. The zero-order chi connectivity index (χ0) is 44.8. The van der Waals surface area contributed by atoms with Crippen LogP contribution in [0.5, 0.6) is 46.0 Å². The van der Waals surface area contributed by atoms with Gasteiger partial charge in [0.25, 0.3) is 0 Å². The third kappa shape index (κ3) is 9.93. The van der Waals surface area contributed by atoms with Gasteiger partial charge in [0.1, 0.15) is 24.9 Å². The van der Waals surface area contributed by atoms with Crippen LogP contribution in [0.3, 0.4) is 0 Å². The molecule has 3 aliphatic rings. The van der Waals surface area contributed by atoms with E-state index in [0.29, 0.717) is 30.1 Å². The van der Waals surface area contributed by atoms with Gasteiger partial charge < -0.3 is 72.9 Å². The molecule has 9 atom stereocenters. The molecule has 9 unspecified atom stereocenters. The maximum absolute atomic E-state index is 13.1. The Morgan fingerprint density at radius 1 is 0.619 bits per heavy atom. The minimum atomic E-state index is -1.79. The standard InChI is InChI=1S/C46H48O17/c1-54-34-17-24(5-11-30(34)47)7-15-39(50)58-23-38-45(63-40(51)16-8-25-6-12-31(48)35(18-25)55-2)41(52)42(53)46(62-38)61-33-14-10-27(20-37(33)57-4)44-29-22-59-43(28(29)21-60-44)26-9-13-32(49)36(19-26)56-3/h5-20,28-29,38,41-49,52-53H,21-23H2,1-4H3. The summed E-state index contributed by atoms with van der Waals surface area (Å²) in [5.41, 5.74) is 2.63. The van der Waals surface area contributed by atoms with Crippen molar-refractivity contribution in [2.24, 2.45) is 11.8 Å². The summed E-state index contributed by atoms with van der Waals surface area (Å²) in [6.45, 7) is 0.286. The van der Waals surface area contributed by atoms with Gasteiger partial charge in [0.05, 0.1) is 53.9 Å². The zero-order valence-corrected chi connectivity index (χ0v) is 34.7. The average Bonchev–Trinajstić information content (AvgIpc) is 3.91. The number of ether oxygens (including phenoxy) is 10. The summed E-state index contributed by atoms with van der Waals surface area (Å²) >= 11 is 0. The minimum Gasteiger partial charge on any atom is -0.504 e. The predicted molar refractivity (Wildman–Crippen MR) is 222 cm³/mol. The van der Waals surface area contributed by atoms with Crippen LogP contribution < -0.4 is 23.7 Å². The fraction of sp³-hybridized carbons (Fsp3) is 0.348. The Hall–Kier alpha value is -6.50. The van der Waals surface area contributed by atoms with E-state index in [1.807, 2.05) is 0 Å². The molecule has 3 saturated heterocycles. The number of aliphatic hydroxyl groups excluding tert-OH is 2. The molecule has 3 fully saturated rings. The minimum absolute atomic E-state index is 0.00874. The van der Waals surface area contributed by atoms with Crippen LogP contribution in [-0.2, 0) is 33.3 Å². The van der Waals surface area contributed by atoms with E-state index in [4.69, 9.17) is 47.4 Å². The lowest BCUT2D eigenvalue weighted by Gasteiger charge is -2.41. The normalized spacial score (nSPS) is 25.4. The van der Waals surface area contributed by atoms with Crippen molar-refractivity contribution in [3.05, 3.63) is 107 Å². The molecule has 17 nitrogen and oxygen atoms in total. The largest absolute Gasteiger partial charge is 0.504 e. The van der Waals surface area contributed by atoms with Crippen molar-refractivity contribution in [1.29, 1.82) is 0 Å². The van der Waals surface area contributed by atoms with Gasteiger partial charge in [0.2, 0.25) is 6.29 Å². The Labute approximate surface area is 362 Å². The van der Waals surface area contributed by atoms with Crippen LogP contribution in [0.2, 0.25) is 0 Å². The Kier molecular flexibility index (Phi) is 13.9. The summed E-state index contributed by atoms with van der Waals surface area (Å²) in [6.07, 6.45) is -3.69. The predicted octanol–water partition coefficient (Wildman–Crippen LogP) is 4.62. The Morgan fingerprint density at radius 3 is 1.67 bits per heavy atom. The van der Waals surface area contributed by atoms with Crippen molar-refractivity contribution >= 4 is 24.1 Å². The number of hydrogen-bond donors (Lipinski definition) is 5. The number of phenolic OH excluding ortho intramolecular Hbond substituents is 3. The molecular weight excluding hydrogens is 824 g/mol. The molecule has 334 valence electrons. The fourth-order valence-electron chi connectivity index (χ4n) is 7.78. The number of rotatable bonds is 15. The van der Waals surface area contributed by atoms with Gasteiger partial charge in [-0.2, -0.15) is 0 Å². The highest BCUT2D eigenvalue weighted by molar-refractivity contribution is 5.88. The highest BCUT2D eigenvalue weighted by atomic mass is 16.7. The molecule has 17 heteroatoms. The van der Waals surface area contributed by atoms with Crippen molar-refractivity contribution in [1.82, 2.24) is 0 Å². The van der Waals surface area contributed by atoms with E-state index in [2.05, 4.69) is 0 Å². The topological polar surface area (TPSA) is 228 Å². The van der Waals surface area contributed by atoms with E-state index < -0.39 is 49.3 Å². The van der Waals surface area contributed by atoms with Gasteiger partial charge in [-0.25, -0.2) is 9.59 Å². The number of aliphatic hydroxyl groups is 2. The molecule has 0 amide bonds. The first-order chi connectivity index (χ1) is 30.4. The fourth-order valence-corrected chi connectivity index (χ4v) is 7.78. The van der Waals surface area contributed by atoms with Crippen LogP contribution in [-0.4, -0.2) is 116 Å². The Balaban J connectivity index is 1.06. The molecule has 0 aliphatic carbocycles. The van der Waals surface area contributed by atoms with Crippen LogP contribution in [0, 0.1) is 11.8 Å². The Bertz CT molecular complexity index is 2330. The van der Waals surface area contributed by atoms with E-state index in [9.17, 15) is 35.1 Å². The lowest BCUT2D eigenvalue weighted by molar-refractivity contribution is -0.281. The first-order valence-corrected chi connectivity index (χ1v) is 19.8. The van der Waals surface area contributed by atoms with E-state index in [0.717, 1.165) is 23.3 Å². The molecule has 63 heavy (non-hydrogen) atoms. The van der Waals surface area contributed by atoms with Gasteiger partial charge in [-0.3, -0.25) is 0 Å². The molecule has 7 rings (SSSR count). The van der Waals surface area contributed by atoms with Crippen LogP contribution >= 0.6 is 0 Å². The number of carbonyl (C=O) groups excluding carboxylic acids is 2. The van der Waals surface area contributed by atoms with E-state index >= 15 is 0 Å². The lowest BCUT2D eigenvalue weighted by atomic mass is 9.85. The van der Waals surface area contributed by atoms with E-state index in [1.165, 1.54) is 70.9 Å². The number of aromatic hydroxyl groups is 3. The molecule has 0 bridgehead atoms. The van der Waals surface area contributed by atoms with Crippen molar-refractivity contribution < 1.29 is 82.5 Å². The first kappa shape index (κ1) is 44.6. The number of esters is 2. The van der Waals surface area contributed by atoms with Crippen molar-refractivity contribution in [2.75, 3.05) is 48.3 Å². The second-order valence-corrected chi connectivity index (χ2v) is 14.9. The quantitative estimate of drug-likeness (QED) is 0.0811. The Morgan fingerprint density at radius 2 is 1.11 bits per heavy atom. The van der Waals surface area contributed by atoms with Crippen LogP contribution in [0.25, 0.3) is 12.2 Å². The van der Waals surface area contributed by atoms with Crippen molar-refractivity contribution in [3.63, 3.8) is 0 Å². The maximum atomic E-state index is 13.1. The second-order valence-electron chi connectivity index (χ2n) is 14.9. The van der Waals surface area contributed by atoms with E-state index in [1.54, 1.807) is 42.5 Å². The van der Waals surface area contributed by atoms with Crippen LogP contribution in [0.1, 0.15) is 34.5 Å². The summed E-state index contributed by atoms with van der Waals surface area (Å²) in [5.74, 6) is -0.801. The van der Waals surface area contributed by atoms with Gasteiger partial charge >= 0.3 is 11.9 Å². The monoisotopic (exact) mass is 872 g/mol.